The highest BCUT2D eigenvalue weighted by Gasteiger charge is 2.30. The highest BCUT2D eigenvalue weighted by Crippen LogP contribution is 2.43. The lowest BCUT2D eigenvalue weighted by atomic mass is 9.91. The Morgan fingerprint density at radius 2 is 1.55 bits per heavy atom. The molecule has 0 radical (unpaired) electrons. The van der Waals surface area contributed by atoms with Gasteiger partial charge in [-0.3, -0.25) is 0 Å². The quantitative estimate of drug-likeness (QED) is 0.292. The first-order valence-corrected chi connectivity index (χ1v) is 12.7. The van der Waals surface area contributed by atoms with Crippen molar-refractivity contribution in [1.29, 1.82) is 0 Å². The van der Waals surface area contributed by atoms with Crippen molar-refractivity contribution in [3.05, 3.63) is 36.2 Å². The molecule has 31 heavy (non-hydrogen) atoms. The lowest BCUT2D eigenvalue weighted by molar-refractivity contribution is 0.0873. The van der Waals surface area contributed by atoms with Gasteiger partial charge in [0.2, 0.25) is 0 Å². The van der Waals surface area contributed by atoms with E-state index in [4.69, 9.17) is 9.72 Å². The Kier molecular flexibility index (Phi) is 7.20. The van der Waals surface area contributed by atoms with Crippen LogP contribution in [-0.2, 0) is 13.0 Å². The second kappa shape index (κ2) is 10.1. The second-order valence-corrected chi connectivity index (χ2v) is 10.0. The summed E-state index contributed by atoms with van der Waals surface area (Å²) in [4.78, 5) is 4.88. The van der Waals surface area contributed by atoms with E-state index < -0.39 is 0 Å². The predicted octanol–water partition coefficient (Wildman–Crippen LogP) is 8.21. The largest absolute Gasteiger partial charge is 0.487 e. The molecular weight excluding hydrogens is 380 g/mol. The summed E-state index contributed by atoms with van der Waals surface area (Å²) >= 11 is 0. The molecule has 3 nitrogen and oxygen atoms in total. The molecule has 0 saturated heterocycles. The van der Waals surface area contributed by atoms with Crippen LogP contribution in [-0.4, -0.2) is 15.2 Å². The van der Waals surface area contributed by atoms with E-state index >= 15 is 0 Å². The molecule has 0 amide bonds. The fourth-order valence-electron chi connectivity index (χ4n) is 5.08. The van der Waals surface area contributed by atoms with Crippen molar-refractivity contribution in [3.8, 4) is 5.75 Å². The molecule has 0 N–H and O–H groups in total. The summed E-state index contributed by atoms with van der Waals surface area (Å²) in [7, 11) is 0. The van der Waals surface area contributed by atoms with Crippen molar-refractivity contribution in [3.63, 3.8) is 0 Å². The zero-order valence-electron chi connectivity index (χ0n) is 19.9. The number of rotatable bonds is 11. The van der Waals surface area contributed by atoms with Crippen LogP contribution in [0.5, 0.6) is 5.75 Å². The van der Waals surface area contributed by atoms with Gasteiger partial charge in [0.1, 0.15) is 11.4 Å². The number of imidazole rings is 1. The van der Waals surface area contributed by atoms with Gasteiger partial charge in [0.25, 0.3) is 0 Å². The minimum Gasteiger partial charge on any atom is -0.487 e. The molecule has 1 aliphatic heterocycles. The molecule has 0 aliphatic carbocycles. The molecule has 168 valence electrons. The first-order valence-electron chi connectivity index (χ1n) is 12.7. The Bertz CT molecular complexity index is 1000. The van der Waals surface area contributed by atoms with E-state index in [1.165, 1.54) is 86.1 Å². The number of hydrogen-bond donors (Lipinski definition) is 0. The molecule has 1 aliphatic rings. The summed E-state index contributed by atoms with van der Waals surface area (Å²) in [6, 6.07) is 8.72. The van der Waals surface area contributed by atoms with E-state index in [1.54, 1.807) is 0 Å². The van der Waals surface area contributed by atoms with Crippen molar-refractivity contribution in [2.75, 3.05) is 0 Å². The van der Waals surface area contributed by atoms with Crippen molar-refractivity contribution >= 4 is 21.8 Å². The molecule has 3 aromatic rings. The maximum absolute atomic E-state index is 6.47. The Morgan fingerprint density at radius 1 is 0.903 bits per heavy atom. The van der Waals surface area contributed by atoms with Crippen LogP contribution in [0, 0.1) is 0 Å². The minimum absolute atomic E-state index is 0.109. The third-order valence-electron chi connectivity index (χ3n) is 6.93. The standard InChI is InChI=1S/C28H40N2O/c1-4-5-6-7-8-9-10-11-12-15-20-30-21-29-25-24-18-19-28(2,3)31-27(24)23-17-14-13-16-22(23)26(25)30/h13-14,16-17,21H,4-12,15,18-20H2,1-3H3. The van der Waals surface area contributed by atoms with Gasteiger partial charge in [-0.1, -0.05) is 89.0 Å². The molecule has 0 bridgehead atoms. The Balaban J connectivity index is 1.42. The summed E-state index contributed by atoms with van der Waals surface area (Å²) in [5.41, 5.74) is 3.64. The summed E-state index contributed by atoms with van der Waals surface area (Å²) < 4.78 is 8.86. The van der Waals surface area contributed by atoms with Crippen LogP contribution < -0.4 is 4.74 Å². The second-order valence-electron chi connectivity index (χ2n) is 10.0. The molecular formula is C28H40N2O. The number of benzene rings is 2. The first kappa shape index (κ1) is 22.2. The summed E-state index contributed by atoms with van der Waals surface area (Å²) in [6.45, 7) is 7.73. The van der Waals surface area contributed by atoms with Gasteiger partial charge in [-0.05, 0) is 33.1 Å². The van der Waals surface area contributed by atoms with Gasteiger partial charge in [-0.15, -0.1) is 0 Å². The lowest BCUT2D eigenvalue weighted by Gasteiger charge is -2.33. The van der Waals surface area contributed by atoms with Crippen LogP contribution in [0.15, 0.2) is 30.6 Å². The molecule has 2 heterocycles. The number of hydrogen-bond acceptors (Lipinski definition) is 2. The number of nitrogens with zero attached hydrogens (tertiary/aromatic N) is 2. The maximum Gasteiger partial charge on any atom is 0.133 e. The van der Waals surface area contributed by atoms with E-state index in [-0.39, 0.29) is 5.60 Å². The molecule has 2 aromatic carbocycles. The van der Waals surface area contributed by atoms with Crippen LogP contribution in [0.1, 0.15) is 97.0 Å². The van der Waals surface area contributed by atoms with Crippen LogP contribution in [0.25, 0.3) is 21.8 Å². The lowest BCUT2D eigenvalue weighted by Crippen LogP contribution is -2.32. The van der Waals surface area contributed by atoms with E-state index in [1.807, 2.05) is 0 Å². The monoisotopic (exact) mass is 420 g/mol. The number of ether oxygens (including phenoxy) is 1. The zero-order chi connectivity index (χ0) is 21.7. The minimum atomic E-state index is -0.109. The summed E-state index contributed by atoms with van der Waals surface area (Å²) in [5.74, 6) is 1.06. The Labute approximate surface area is 188 Å². The first-order chi connectivity index (χ1) is 15.1. The molecule has 0 unspecified atom stereocenters. The van der Waals surface area contributed by atoms with E-state index in [2.05, 4.69) is 55.9 Å². The third kappa shape index (κ3) is 5.07. The molecule has 1 aromatic heterocycles. The Morgan fingerprint density at radius 3 is 2.26 bits per heavy atom. The van der Waals surface area contributed by atoms with Crippen molar-refractivity contribution < 1.29 is 4.74 Å². The average Bonchev–Trinajstić information content (AvgIpc) is 3.18. The summed E-state index contributed by atoms with van der Waals surface area (Å²) in [5, 5.41) is 2.51. The maximum atomic E-state index is 6.47. The van der Waals surface area contributed by atoms with Gasteiger partial charge >= 0.3 is 0 Å². The smallest absolute Gasteiger partial charge is 0.133 e. The normalized spacial score (nSPS) is 15.3. The zero-order valence-corrected chi connectivity index (χ0v) is 19.9. The van der Waals surface area contributed by atoms with Crippen LogP contribution in [0.4, 0.5) is 0 Å². The predicted molar refractivity (Wildman–Crippen MR) is 132 cm³/mol. The van der Waals surface area contributed by atoms with E-state index in [0.717, 1.165) is 30.7 Å². The number of fused-ring (bicyclic) bond motifs is 6. The van der Waals surface area contributed by atoms with Crippen LogP contribution in [0.2, 0.25) is 0 Å². The molecule has 0 spiro atoms. The fourth-order valence-corrected chi connectivity index (χ4v) is 5.08. The van der Waals surface area contributed by atoms with E-state index in [0.29, 0.717) is 0 Å². The van der Waals surface area contributed by atoms with Gasteiger partial charge in [0, 0.05) is 22.9 Å². The SMILES string of the molecule is CCCCCCCCCCCCn1cnc2c3c(c4ccccc4c21)OC(C)(C)CC3. The fraction of sp³-hybridized carbons (Fsp3) is 0.607. The van der Waals surface area contributed by atoms with Crippen LogP contribution in [0.3, 0.4) is 0 Å². The van der Waals surface area contributed by atoms with Gasteiger partial charge < -0.3 is 9.30 Å². The van der Waals surface area contributed by atoms with E-state index in [9.17, 15) is 0 Å². The number of aromatic nitrogens is 2. The third-order valence-corrected chi connectivity index (χ3v) is 6.93. The highest BCUT2D eigenvalue weighted by molar-refractivity contribution is 6.09. The molecule has 4 rings (SSSR count). The van der Waals surface area contributed by atoms with Crippen LogP contribution >= 0.6 is 0 Å². The van der Waals surface area contributed by atoms with Crippen molar-refractivity contribution in [2.24, 2.45) is 0 Å². The molecule has 0 saturated carbocycles. The average molecular weight is 421 g/mol. The highest BCUT2D eigenvalue weighted by atomic mass is 16.5. The van der Waals surface area contributed by atoms with Crippen molar-refractivity contribution in [2.45, 2.75) is 110 Å². The number of aryl methyl sites for hydroxylation is 2. The number of unbranched alkanes of at least 4 members (excludes halogenated alkanes) is 9. The van der Waals surface area contributed by atoms with Gasteiger partial charge in [0.15, 0.2) is 0 Å². The topological polar surface area (TPSA) is 27.1 Å². The van der Waals surface area contributed by atoms with Crippen molar-refractivity contribution in [1.82, 2.24) is 9.55 Å². The molecule has 3 heteroatoms. The summed E-state index contributed by atoms with van der Waals surface area (Å²) in [6.07, 6.45) is 17.9. The van der Waals surface area contributed by atoms with Gasteiger partial charge in [0.05, 0.1) is 17.4 Å². The van der Waals surface area contributed by atoms with Gasteiger partial charge in [-0.25, -0.2) is 4.98 Å². The molecule has 0 fully saturated rings. The van der Waals surface area contributed by atoms with Gasteiger partial charge in [-0.2, -0.15) is 0 Å². The Hall–Kier alpha value is -2.03. The molecule has 0 atom stereocenters.